The van der Waals surface area contributed by atoms with Crippen LogP contribution in [0.25, 0.3) is 6.08 Å². The summed E-state index contributed by atoms with van der Waals surface area (Å²) in [6.45, 7) is 3.36. The molecule has 0 fully saturated rings. The molecule has 0 amide bonds. The van der Waals surface area contributed by atoms with E-state index in [2.05, 4.69) is 16.5 Å². The molecule has 0 saturated heterocycles. The molecule has 0 radical (unpaired) electrons. The van der Waals surface area contributed by atoms with Crippen molar-refractivity contribution in [1.82, 2.24) is 9.97 Å². The van der Waals surface area contributed by atoms with E-state index in [9.17, 15) is 0 Å². The summed E-state index contributed by atoms with van der Waals surface area (Å²) in [6, 6.07) is 7.15. The van der Waals surface area contributed by atoms with Crippen molar-refractivity contribution in [3.8, 4) is 0 Å². The third kappa shape index (κ3) is 4.86. The van der Waals surface area contributed by atoms with Crippen molar-refractivity contribution in [3.63, 3.8) is 0 Å². The Bertz CT molecular complexity index is 446. The molecule has 0 spiro atoms. The van der Waals surface area contributed by atoms with Crippen molar-refractivity contribution < 1.29 is 10.2 Å². The molecule has 2 rings (SSSR count). The summed E-state index contributed by atoms with van der Waals surface area (Å²) in [6.07, 6.45) is 7.67. The van der Waals surface area contributed by atoms with Gasteiger partial charge in [0, 0.05) is 24.8 Å². The predicted molar refractivity (Wildman–Crippen MR) is 70.6 cm³/mol. The first-order valence-electron chi connectivity index (χ1n) is 5.49. The Labute approximate surface area is 106 Å². The molecule has 0 aromatic carbocycles. The van der Waals surface area contributed by atoms with Gasteiger partial charge in [-0.25, -0.2) is 0 Å². The van der Waals surface area contributed by atoms with Gasteiger partial charge in [-0.05, 0) is 35.4 Å². The Hall–Kier alpha value is -2.04. The average molecular weight is 244 g/mol. The zero-order chi connectivity index (χ0) is 13.2. The van der Waals surface area contributed by atoms with Gasteiger partial charge < -0.3 is 10.2 Å². The van der Waals surface area contributed by atoms with E-state index in [0.29, 0.717) is 5.56 Å². The summed E-state index contributed by atoms with van der Waals surface area (Å²) in [5.74, 6) is 0. The van der Waals surface area contributed by atoms with Crippen molar-refractivity contribution >= 4 is 6.08 Å². The summed E-state index contributed by atoms with van der Waals surface area (Å²) < 4.78 is 0. The van der Waals surface area contributed by atoms with Crippen LogP contribution in [-0.4, -0.2) is 26.8 Å². The van der Waals surface area contributed by atoms with E-state index < -0.39 is 6.10 Å². The third-order valence-electron chi connectivity index (χ3n) is 2.21. The van der Waals surface area contributed by atoms with E-state index >= 15 is 0 Å². The van der Waals surface area contributed by atoms with Crippen molar-refractivity contribution in [3.05, 3.63) is 66.8 Å². The van der Waals surface area contributed by atoms with Crippen molar-refractivity contribution in [2.75, 3.05) is 6.61 Å². The standard InChI is InChI=1S/C7H9NO2.C7H7N/c9-5-7(10)6-1-3-8-4-2-6;1-2-7-3-5-8-6-4-7/h1-4,7,9-10H,5H2;2-6H,1H2/t7-;/m0./s1. The molecule has 4 heteroatoms. The summed E-state index contributed by atoms with van der Waals surface area (Å²) >= 11 is 0. The molecule has 0 unspecified atom stereocenters. The molecule has 0 saturated carbocycles. The van der Waals surface area contributed by atoms with E-state index in [-0.39, 0.29) is 6.61 Å². The van der Waals surface area contributed by atoms with Gasteiger partial charge in [0.25, 0.3) is 0 Å². The SMILES string of the molecule is C=Cc1ccncc1.OC[C@H](O)c1ccncc1. The number of aliphatic hydroxyl groups is 2. The molecule has 1 atom stereocenters. The largest absolute Gasteiger partial charge is 0.393 e. The van der Waals surface area contributed by atoms with E-state index in [0.717, 1.165) is 5.56 Å². The molecule has 0 aliphatic heterocycles. The molecule has 94 valence electrons. The van der Waals surface area contributed by atoms with Crippen LogP contribution in [0.1, 0.15) is 17.2 Å². The molecule has 0 bridgehead atoms. The smallest absolute Gasteiger partial charge is 0.102 e. The van der Waals surface area contributed by atoms with Gasteiger partial charge in [-0.1, -0.05) is 12.7 Å². The number of aromatic nitrogens is 2. The number of aliphatic hydroxyl groups excluding tert-OH is 2. The van der Waals surface area contributed by atoms with E-state index in [4.69, 9.17) is 10.2 Å². The van der Waals surface area contributed by atoms with E-state index in [1.165, 1.54) is 0 Å². The zero-order valence-corrected chi connectivity index (χ0v) is 9.98. The highest BCUT2D eigenvalue weighted by atomic mass is 16.3. The van der Waals surface area contributed by atoms with Gasteiger partial charge in [0.1, 0.15) is 6.10 Å². The van der Waals surface area contributed by atoms with Gasteiger partial charge in [-0.3, -0.25) is 9.97 Å². The van der Waals surface area contributed by atoms with E-state index in [1.54, 1.807) is 43.0 Å². The van der Waals surface area contributed by atoms with Gasteiger partial charge in [0.05, 0.1) is 6.61 Å². The zero-order valence-electron chi connectivity index (χ0n) is 9.98. The Kier molecular flexibility index (Phi) is 6.32. The summed E-state index contributed by atoms with van der Waals surface area (Å²) in [5, 5.41) is 17.6. The second-order valence-electron chi connectivity index (χ2n) is 3.46. The lowest BCUT2D eigenvalue weighted by Gasteiger charge is -2.04. The molecule has 2 heterocycles. The minimum Gasteiger partial charge on any atom is -0.393 e. The second-order valence-corrected chi connectivity index (χ2v) is 3.46. The molecule has 2 N–H and O–H groups in total. The number of pyridine rings is 2. The summed E-state index contributed by atoms with van der Waals surface area (Å²) in [5.41, 5.74) is 1.80. The second kappa shape index (κ2) is 8.11. The van der Waals surface area contributed by atoms with Crippen LogP contribution in [0, 0.1) is 0 Å². The van der Waals surface area contributed by atoms with Crippen LogP contribution in [0.4, 0.5) is 0 Å². The lowest BCUT2D eigenvalue weighted by atomic mass is 10.2. The quantitative estimate of drug-likeness (QED) is 0.864. The van der Waals surface area contributed by atoms with Gasteiger partial charge in [0.15, 0.2) is 0 Å². The van der Waals surface area contributed by atoms with Crippen LogP contribution in [0.5, 0.6) is 0 Å². The number of hydrogen-bond donors (Lipinski definition) is 2. The molecule has 2 aromatic heterocycles. The topological polar surface area (TPSA) is 66.2 Å². The normalized spacial score (nSPS) is 11.0. The third-order valence-corrected chi connectivity index (χ3v) is 2.21. The van der Waals surface area contributed by atoms with Gasteiger partial charge in [-0.15, -0.1) is 0 Å². The van der Waals surface area contributed by atoms with Gasteiger partial charge in [-0.2, -0.15) is 0 Å². The Morgan fingerprint density at radius 3 is 1.94 bits per heavy atom. The van der Waals surface area contributed by atoms with Gasteiger partial charge >= 0.3 is 0 Å². The van der Waals surface area contributed by atoms with Crippen molar-refractivity contribution in [2.45, 2.75) is 6.10 Å². The molecule has 2 aromatic rings. The highest BCUT2D eigenvalue weighted by Gasteiger charge is 2.02. The average Bonchev–Trinajstić information content (AvgIpc) is 2.49. The maximum atomic E-state index is 9.05. The number of nitrogens with zero attached hydrogens (tertiary/aromatic N) is 2. The fourth-order valence-corrected chi connectivity index (χ4v) is 1.19. The Morgan fingerprint density at radius 1 is 1.06 bits per heavy atom. The maximum Gasteiger partial charge on any atom is 0.102 e. The first kappa shape index (κ1) is 14.0. The maximum absolute atomic E-state index is 9.05. The summed E-state index contributed by atoms with van der Waals surface area (Å²) in [7, 11) is 0. The fraction of sp³-hybridized carbons (Fsp3) is 0.143. The van der Waals surface area contributed by atoms with Crippen molar-refractivity contribution in [2.24, 2.45) is 0 Å². The van der Waals surface area contributed by atoms with Crippen LogP contribution in [0.3, 0.4) is 0 Å². The van der Waals surface area contributed by atoms with Crippen LogP contribution >= 0.6 is 0 Å². The molecule has 0 aliphatic carbocycles. The molecular weight excluding hydrogens is 228 g/mol. The Morgan fingerprint density at radius 2 is 1.56 bits per heavy atom. The first-order valence-corrected chi connectivity index (χ1v) is 5.49. The highest BCUT2D eigenvalue weighted by Crippen LogP contribution is 2.08. The number of rotatable bonds is 3. The molecule has 4 nitrogen and oxygen atoms in total. The fourth-order valence-electron chi connectivity index (χ4n) is 1.19. The lowest BCUT2D eigenvalue weighted by Crippen LogP contribution is -2.01. The van der Waals surface area contributed by atoms with Crippen LogP contribution in [0.15, 0.2) is 55.6 Å². The van der Waals surface area contributed by atoms with Crippen LogP contribution in [0.2, 0.25) is 0 Å². The molecular formula is C14H16N2O2. The van der Waals surface area contributed by atoms with Crippen LogP contribution in [-0.2, 0) is 0 Å². The van der Waals surface area contributed by atoms with Crippen molar-refractivity contribution in [1.29, 1.82) is 0 Å². The highest BCUT2D eigenvalue weighted by molar-refractivity contribution is 5.44. The summed E-state index contributed by atoms with van der Waals surface area (Å²) in [4.78, 5) is 7.61. The van der Waals surface area contributed by atoms with Gasteiger partial charge in [0.2, 0.25) is 0 Å². The molecule has 18 heavy (non-hydrogen) atoms. The molecule has 0 aliphatic rings. The minimum atomic E-state index is -0.775. The number of hydrogen-bond acceptors (Lipinski definition) is 4. The lowest BCUT2D eigenvalue weighted by molar-refractivity contribution is 0.0955. The Balaban J connectivity index is 0.000000184. The monoisotopic (exact) mass is 244 g/mol. The first-order chi connectivity index (χ1) is 8.77. The minimum absolute atomic E-state index is 0.246. The van der Waals surface area contributed by atoms with E-state index in [1.807, 2.05) is 12.1 Å². The predicted octanol–water partition coefficient (Wildman–Crippen LogP) is 1.83. The van der Waals surface area contributed by atoms with Crippen LogP contribution < -0.4 is 0 Å².